The van der Waals surface area contributed by atoms with Crippen molar-refractivity contribution < 1.29 is 42.1 Å². The van der Waals surface area contributed by atoms with Crippen LogP contribution in [0.25, 0.3) is 0 Å². The molecule has 0 aliphatic heterocycles. The smallest absolute Gasteiger partial charge is 0.462 e. The third kappa shape index (κ3) is 70.9. The molecule has 0 fully saturated rings. The minimum absolute atomic E-state index is 0.0303. The first kappa shape index (κ1) is 83.0. The lowest BCUT2D eigenvalue weighted by Crippen LogP contribution is -2.37. The molecule has 2 atom stereocenters. The molecule has 0 heterocycles. The van der Waals surface area contributed by atoms with Crippen molar-refractivity contribution in [3.8, 4) is 0 Å². The number of ether oxygens (including phenoxy) is 2. The van der Waals surface area contributed by atoms with Crippen molar-refractivity contribution in [2.24, 2.45) is 0 Å². The summed E-state index contributed by atoms with van der Waals surface area (Å²) in [6.45, 7) is 4.37. The van der Waals surface area contributed by atoms with E-state index in [4.69, 9.17) is 18.5 Å². The van der Waals surface area contributed by atoms with Crippen molar-refractivity contribution in [2.45, 2.75) is 373 Å². The number of rotatable bonds is 69. The van der Waals surface area contributed by atoms with Gasteiger partial charge in [0.15, 0.2) is 6.10 Å². The molecular weight excluding hydrogens is 1070 g/mol. The fraction of sp³-hybridized carbons (Fsp3) is 0.867. The summed E-state index contributed by atoms with van der Waals surface area (Å²) in [5, 5.41) is 0. The van der Waals surface area contributed by atoms with Crippen molar-refractivity contribution in [1.82, 2.24) is 0 Å². The van der Waals surface area contributed by atoms with E-state index in [1.807, 2.05) is 21.1 Å². The van der Waals surface area contributed by atoms with Gasteiger partial charge >= 0.3 is 19.8 Å². The molecular formula is C75H143NO8P+. The number of esters is 2. The zero-order valence-corrected chi connectivity index (χ0v) is 58.0. The Balaban J connectivity index is 3.87. The Labute approximate surface area is 528 Å². The van der Waals surface area contributed by atoms with Crippen LogP contribution in [0.3, 0.4) is 0 Å². The summed E-state index contributed by atoms with van der Waals surface area (Å²) < 4.78 is 34.7. The molecule has 1 N–H and O–H groups in total. The van der Waals surface area contributed by atoms with Gasteiger partial charge in [0.2, 0.25) is 0 Å². The van der Waals surface area contributed by atoms with Gasteiger partial charge in [0.1, 0.15) is 19.8 Å². The van der Waals surface area contributed by atoms with E-state index in [-0.39, 0.29) is 25.6 Å². The molecule has 0 aromatic rings. The van der Waals surface area contributed by atoms with Gasteiger partial charge in [0.05, 0.1) is 27.7 Å². The zero-order valence-electron chi connectivity index (χ0n) is 57.1. The Kier molecular flexibility index (Phi) is 64.8. The summed E-state index contributed by atoms with van der Waals surface area (Å²) in [4.78, 5) is 35.8. The van der Waals surface area contributed by atoms with Crippen molar-refractivity contribution in [1.29, 1.82) is 0 Å². The summed E-state index contributed by atoms with van der Waals surface area (Å²) in [7, 11) is 1.48. The van der Waals surface area contributed by atoms with Crippen molar-refractivity contribution in [3.05, 3.63) is 48.6 Å². The number of nitrogens with zero attached hydrogens (tertiary/aromatic N) is 1. The van der Waals surface area contributed by atoms with E-state index >= 15 is 0 Å². The Morgan fingerprint density at radius 2 is 0.671 bits per heavy atom. The third-order valence-electron chi connectivity index (χ3n) is 16.6. The van der Waals surface area contributed by atoms with Crippen LogP contribution in [-0.4, -0.2) is 74.9 Å². The van der Waals surface area contributed by atoms with Crippen molar-refractivity contribution in [2.75, 3.05) is 47.5 Å². The Bertz CT molecular complexity index is 1570. The lowest BCUT2D eigenvalue weighted by molar-refractivity contribution is -0.870. The number of hydrogen-bond donors (Lipinski definition) is 1. The molecule has 2 unspecified atom stereocenters. The molecule has 0 spiro atoms. The molecule has 0 bridgehead atoms. The number of phosphoric ester groups is 1. The first-order chi connectivity index (χ1) is 41.5. The van der Waals surface area contributed by atoms with Gasteiger partial charge in [0, 0.05) is 12.8 Å². The number of unbranched alkanes of at least 4 members (excludes halogenated alkanes) is 47. The van der Waals surface area contributed by atoms with Crippen LogP contribution in [0.1, 0.15) is 367 Å². The molecule has 10 heteroatoms. The van der Waals surface area contributed by atoms with Crippen LogP contribution in [-0.2, 0) is 32.7 Å². The average Bonchev–Trinajstić information content (AvgIpc) is 3.49. The minimum atomic E-state index is -4.39. The molecule has 0 saturated carbocycles. The number of carbonyl (C=O) groups is 2. The predicted octanol–water partition coefficient (Wildman–Crippen LogP) is 24.0. The Morgan fingerprint density at radius 1 is 0.376 bits per heavy atom. The summed E-state index contributed by atoms with van der Waals surface area (Å²) in [6, 6.07) is 0. The maximum atomic E-state index is 12.9. The largest absolute Gasteiger partial charge is 0.472 e. The van der Waals surface area contributed by atoms with Gasteiger partial charge in [-0.3, -0.25) is 18.6 Å². The van der Waals surface area contributed by atoms with E-state index in [2.05, 4.69) is 62.5 Å². The van der Waals surface area contributed by atoms with Gasteiger partial charge in [-0.1, -0.05) is 351 Å². The Hall–Kier alpha value is -2.03. The summed E-state index contributed by atoms with van der Waals surface area (Å²) in [6.07, 6.45) is 86.9. The molecule has 0 radical (unpaired) electrons. The number of allylic oxidation sites excluding steroid dienone is 8. The van der Waals surface area contributed by atoms with Crippen LogP contribution < -0.4 is 0 Å². The average molecular weight is 1220 g/mol. The van der Waals surface area contributed by atoms with E-state index in [0.29, 0.717) is 23.9 Å². The highest BCUT2D eigenvalue weighted by Crippen LogP contribution is 2.43. The van der Waals surface area contributed by atoms with Crippen LogP contribution in [0.2, 0.25) is 0 Å². The van der Waals surface area contributed by atoms with Gasteiger partial charge in [-0.05, 0) is 51.4 Å². The summed E-state index contributed by atoms with van der Waals surface area (Å²) in [5.74, 6) is -0.791. The van der Waals surface area contributed by atoms with E-state index in [1.165, 1.54) is 263 Å². The molecule has 9 nitrogen and oxygen atoms in total. The fourth-order valence-corrected chi connectivity index (χ4v) is 11.8. The number of likely N-dealkylation sites (N-methyl/N-ethyl adjacent to an activating group) is 1. The molecule has 0 saturated heterocycles. The lowest BCUT2D eigenvalue weighted by Gasteiger charge is -2.24. The topological polar surface area (TPSA) is 108 Å². The quantitative estimate of drug-likeness (QED) is 0.0211. The molecule has 0 aliphatic rings. The second-order valence-electron chi connectivity index (χ2n) is 26.3. The van der Waals surface area contributed by atoms with Gasteiger partial charge in [-0.25, -0.2) is 4.57 Å². The summed E-state index contributed by atoms with van der Waals surface area (Å²) in [5.41, 5.74) is 0. The van der Waals surface area contributed by atoms with Crippen LogP contribution in [0.15, 0.2) is 48.6 Å². The molecule has 0 rings (SSSR count). The molecule has 85 heavy (non-hydrogen) atoms. The minimum Gasteiger partial charge on any atom is -0.462 e. The zero-order chi connectivity index (χ0) is 61.9. The van der Waals surface area contributed by atoms with E-state index in [0.717, 1.165) is 70.6 Å². The van der Waals surface area contributed by atoms with Gasteiger partial charge in [-0.2, -0.15) is 0 Å². The monoisotopic (exact) mass is 1220 g/mol. The van der Waals surface area contributed by atoms with Gasteiger partial charge in [-0.15, -0.1) is 0 Å². The number of phosphoric acid groups is 1. The van der Waals surface area contributed by atoms with Gasteiger partial charge in [0.25, 0.3) is 0 Å². The Morgan fingerprint density at radius 3 is 1.00 bits per heavy atom. The van der Waals surface area contributed by atoms with Crippen LogP contribution in [0.5, 0.6) is 0 Å². The van der Waals surface area contributed by atoms with Gasteiger partial charge < -0.3 is 18.9 Å². The summed E-state index contributed by atoms with van der Waals surface area (Å²) >= 11 is 0. The number of carbonyl (C=O) groups excluding carboxylic acids is 2. The molecule has 500 valence electrons. The molecule has 0 aliphatic carbocycles. The molecule has 0 aromatic heterocycles. The van der Waals surface area contributed by atoms with Crippen LogP contribution in [0.4, 0.5) is 0 Å². The predicted molar refractivity (Wildman–Crippen MR) is 367 cm³/mol. The first-order valence-electron chi connectivity index (χ1n) is 36.9. The molecule has 0 aromatic carbocycles. The van der Waals surface area contributed by atoms with E-state index in [1.54, 1.807) is 0 Å². The standard InChI is InChI=1S/C75H142NO8P/c1-6-8-10-12-14-16-18-20-22-24-26-28-29-30-31-32-33-34-35-36-37-38-39-40-41-42-43-44-45-46-48-49-51-53-55-57-59-61-63-65-67-74(77)81-71-73(72-83-85(79,80)82-70-69-76(3,4)5)84-75(78)68-66-64-62-60-58-56-54-52-50-47-27-25-23-21-19-17-15-13-11-9-7-2/h9,11,15,17,21,23,27,47,73H,6-8,10,12-14,16,18-20,22,24-26,28-46,48-72H2,1-5H3/p+1/b11-9-,17-15-,23-21-,47-27-. The highest BCUT2D eigenvalue weighted by Gasteiger charge is 2.27. The van der Waals surface area contributed by atoms with Crippen molar-refractivity contribution in [3.63, 3.8) is 0 Å². The molecule has 0 amide bonds. The highest BCUT2D eigenvalue weighted by molar-refractivity contribution is 7.47. The fourth-order valence-electron chi connectivity index (χ4n) is 11.0. The van der Waals surface area contributed by atoms with Crippen LogP contribution in [0, 0.1) is 0 Å². The second kappa shape index (κ2) is 66.4. The maximum Gasteiger partial charge on any atom is 0.472 e. The number of quaternary nitrogens is 1. The first-order valence-corrected chi connectivity index (χ1v) is 38.4. The van der Waals surface area contributed by atoms with E-state index < -0.39 is 26.5 Å². The highest BCUT2D eigenvalue weighted by atomic mass is 31.2. The third-order valence-corrected chi connectivity index (χ3v) is 17.6. The second-order valence-corrected chi connectivity index (χ2v) is 27.8. The SMILES string of the molecule is CC/C=C\C/C=C\C/C=C\C/C=C\CCCCCCCCCCC(=O)OC(COC(=O)CCCCCCCCCCCCCCCCCCCCCCCCCCCCCCCCCCCCCCCCCC)COP(=O)(O)OCC[N+](C)(C)C. The van der Waals surface area contributed by atoms with E-state index in [9.17, 15) is 19.0 Å². The maximum absolute atomic E-state index is 12.9. The normalized spacial score (nSPS) is 13.3. The lowest BCUT2D eigenvalue weighted by atomic mass is 10.0. The van der Waals surface area contributed by atoms with Crippen LogP contribution >= 0.6 is 7.82 Å². The number of hydrogen-bond acceptors (Lipinski definition) is 7. The van der Waals surface area contributed by atoms with Crippen molar-refractivity contribution >= 4 is 19.8 Å².